The second kappa shape index (κ2) is 7.67. The van der Waals surface area contributed by atoms with E-state index in [2.05, 4.69) is 6.92 Å². The molecule has 0 radical (unpaired) electrons. The van der Waals surface area contributed by atoms with Gasteiger partial charge in [-0.3, -0.25) is 0 Å². The van der Waals surface area contributed by atoms with E-state index >= 15 is 0 Å². The highest BCUT2D eigenvalue weighted by Gasteiger charge is 2.10. The lowest BCUT2D eigenvalue weighted by molar-refractivity contribution is 0.551. The Bertz CT molecular complexity index is 341. The van der Waals surface area contributed by atoms with Gasteiger partial charge in [0.2, 0.25) is 0 Å². The third kappa shape index (κ3) is 5.05. The highest BCUT2D eigenvalue weighted by atomic mass is 35.5. The van der Waals surface area contributed by atoms with Crippen molar-refractivity contribution in [3.05, 3.63) is 34.6 Å². The van der Waals surface area contributed by atoms with Crippen molar-refractivity contribution in [1.29, 1.82) is 0 Å². The molecule has 1 aromatic rings. The Morgan fingerprint density at radius 2 is 1.94 bits per heavy atom. The van der Waals surface area contributed by atoms with Crippen LogP contribution in [0.3, 0.4) is 0 Å². The van der Waals surface area contributed by atoms with Gasteiger partial charge in [0.1, 0.15) is 5.82 Å². The molecule has 1 nitrogen and oxygen atoms in total. The van der Waals surface area contributed by atoms with Crippen molar-refractivity contribution in [2.45, 2.75) is 51.5 Å². The topological polar surface area (TPSA) is 26.0 Å². The van der Waals surface area contributed by atoms with E-state index in [4.69, 9.17) is 17.3 Å². The molecule has 0 fully saturated rings. The first kappa shape index (κ1) is 14.5. The largest absolute Gasteiger partial charge is 0.324 e. The quantitative estimate of drug-likeness (QED) is 0.695. The fourth-order valence-corrected chi connectivity index (χ4v) is 2.18. The molecule has 3 heteroatoms. The lowest BCUT2D eigenvalue weighted by Gasteiger charge is -2.13. The molecule has 0 spiro atoms. The van der Waals surface area contributed by atoms with Crippen molar-refractivity contribution in [2.75, 3.05) is 0 Å². The second-order valence-electron chi connectivity index (χ2n) is 4.48. The minimum Gasteiger partial charge on any atom is -0.324 e. The van der Waals surface area contributed by atoms with Gasteiger partial charge in [0.15, 0.2) is 0 Å². The third-order valence-electron chi connectivity index (χ3n) is 2.98. The Morgan fingerprint density at radius 3 is 2.65 bits per heavy atom. The van der Waals surface area contributed by atoms with E-state index < -0.39 is 0 Å². The Hall–Kier alpha value is -0.600. The zero-order valence-corrected chi connectivity index (χ0v) is 11.1. The number of benzene rings is 1. The van der Waals surface area contributed by atoms with Gasteiger partial charge in [0, 0.05) is 11.1 Å². The molecule has 1 rings (SSSR count). The van der Waals surface area contributed by atoms with E-state index in [0.717, 1.165) is 18.4 Å². The van der Waals surface area contributed by atoms with Gasteiger partial charge in [0.05, 0.1) is 0 Å². The van der Waals surface area contributed by atoms with E-state index in [1.54, 1.807) is 6.07 Å². The molecule has 0 aliphatic carbocycles. The first-order chi connectivity index (χ1) is 8.15. The molecule has 1 aromatic carbocycles. The van der Waals surface area contributed by atoms with Crippen molar-refractivity contribution >= 4 is 11.6 Å². The predicted molar refractivity (Wildman–Crippen MR) is 71.7 cm³/mol. The van der Waals surface area contributed by atoms with Crippen molar-refractivity contribution in [3.8, 4) is 0 Å². The molecule has 0 heterocycles. The maximum atomic E-state index is 13.1. The van der Waals surface area contributed by atoms with Gasteiger partial charge >= 0.3 is 0 Å². The van der Waals surface area contributed by atoms with Gasteiger partial charge in [-0.1, -0.05) is 50.6 Å². The van der Waals surface area contributed by atoms with Crippen molar-refractivity contribution < 1.29 is 4.39 Å². The summed E-state index contributed by atoms with van der Waals surface area (Å²) >= 11 is 6.01. The molecule has 1 unspecified atom stereocenters. The van der Waals surface area contributed by atoms with Gasteiger partial charge in [0.25, 0.3) is 0 Å². The van der Waals surface area contributed by atoms with E-state index in [0.29, 0.717) is 5.02 Å². The number of halogens is 2. The summed E-state index contributed by atoms with van der Waals surface area (Å²) in [4.78, 5) is 0. The number of nitrogens with two attached hydrogens (primary N) is 1. The van der Waals surface area contributed by atoms with Crippen LogP contribution in [0.2, 0.25) is 5.02 Å². The SMILES string of the molecule is CCCCCCCC(N)c1cc(F)ccc1Cl. The Morgan fingerprint density at radius 1 is 1.24 bits per heavy atom. The lowest BCUT2D eigenvalue weighted by Crippen LogP contribution is -2.11. The molecular formula is C14H21ClFN. The van der Waals surface area contributed by atoms with Crippen LogP contribution in [0.15, 0.2) is 18.2 Å². The highest BCUT2D eigenvalue weighted by molar-refractivity contribution is 6.31. The van der Waals surface area contributed by atoms with Crippen LogP contribution in [0, 0.1) is 5.82 Å². The summed E-state index contributed by atoms with van der Waals surface area (Å²) in [5.41, 5.74) is 6.75. The molecule has 96 valence electrons. The number of hydrogen-bond donors (Lipinski definition) is 1. The number of rotatable bonds is 7. The summed E-state index contributed by atoms with van der Waals surface area (Å²) in [6.45, 7) is 2.19. The summed E-state index contributed by atoms with van der Waals surface area (Å²) in [6.07, 6.45) is 6.90. The van der Waals surface area contributed by atoms with Crippen LogP contribution in [-0.4, -0.2) is 0 Å². The normalized spacial score (nSPS) is 12.7. The number of unbranched alkanes of at least 4 members (excludes halogenated alkanes) is 4. The Kier molecular flexibility index (Phi) is 6.53. The molecule has 0 aliphatic heterocycles. The average molecular weight is 258 g/mol. The van der Waals surface area contributed by atoms with Crippen LogP contribution >= 0.6 is 11.6 Å². The third-order valence-corrected chi connectivity index (χ3v) is 3.32. The first-order valence-corrected chi connectivity index (χ1v) is 6.73. The smallest absolute Gasteiger partial charge is 0.123 e. The summed E-state index contributed by atoms with van der Waals surface area (Å²) in [6, 6.07) is 4.22. The van der Waals surface area contributed by atoms with Gasteiger partial charge in [-0.2, -0.15) is 0 Å². The molecule has 17 heavy (non-hydrogen) atoms. The Balaban J connectivity index is 2.41. The summed E-state index contributed by atoms with van der Waals surface area (Å²) in [5.74, 6) is -0.272. The van der Waals surface area contributed by atoms with Crippen molar-refractivity contribution in [2.24, 2.45) is 5.73 Å². The van der Waals surface area contributed by atoms with Crippen LogP contribution in [0.5, 0.6) is 0 Å². The van der Waals surface area contributed by atoms with Gasteiger partial charge in [-0.15, -0.1) is 0 Å². The van der Waals surface area contributed by atoms with E-state index in [1.807, 2.05) is 0 Å². The van der Waals surface area contributed by atoms with Crippen LogP contribution < -0.4 is 5.73 Å². The first-order valence-electron chi connectivity index (χ1n) is 6.35. The zero-order valence-electron chi connectivity index (χ0n) is 10.4. The summed E-state index contributed by atoms with van der Waals surface area (Å²) < 4.78 is 13.1. The van der Waals surface area contributed by atoms with Crippen LogP contribution in [0.25, 0.3) is 0 Å². The summed E-state index contributed by atoms with van der Waals surface area (Å²) in [5, 5.41) is 0.562. The van der Waals surface area contributed by atoms with Crippen LogP contribution in [-0.2, 0) is 0 Å². The molecular weight excluding hydrogens is 237 g/mol. The van der Waals surface area contributed by atoms with E-state index in [-0.39, 0.29) is 11.9 Å². The second-order valence-corrected chi connectivity index (χ2v) is 4.88. The molecule has 0 aliphatic rings. The molecule has 0 saturated heterocycles. The number of hydrogen-bond acceptors (Lipinski definition) is 1. The summed E-state index contributed by atoms with van der Waals surface area (Å²) in [7, 11) is 0. The van der Waals surface area contributed by atoms with Gasteiger partial charge in [-0.05, 0) is 30.2 Å². The van der Waals surface area contributed by atoms with Crippen LogP contribution in [0.4, 0.5) is 4.39 Å². The van der Waals surface area contributed by atoms with Gasteiger partial charge < -0.3 is 5.73 Å². The molecule has 2 N–H and O–H groups in total. The van der Waals surface area contributed by atoms with E-state index in [9.17, 15) is 4.39 Å². The average Bonchev–Trinajstić information content (AvgIpc) is 2.32. The minimum atomic E-state index is -0.272. The monoisotopic (exact) mass is 257 g/mol. The highest BCUT2D eigenvalue weighted by Crippen LogP contribution is 2.26. The Labute approximate surface area is 108 Å². The maximum absolute atomic E-state index is 13.1. The van der Waals surface area contributed by atoms with E-state index in [1.165, 1.54) is 37.8 Å². The molecule has 1 atom stereocenters. The van der Waals surface area contributed by atoms with Gasteiger partial charge in [-0.25, -0.2) is 4.39 Å². The zero-order chi connectivity index (χ0) is 12.7. The lowest BCUT2D eigenvalue weighted by atomic mass is 10.0. The molecule has 0 aromatic heterocycles. The predicted octanol–water partition coefficient (Wildman–Crippen LogP) is 4.84. The van der Waals surface area contributed by atoms with Crippen LogP contribution in [0.1, 0.15) is 57.1 Å². The fraction of sp³-hybridized carbons (Fsp3) is 0.571. The van der Waals surface area contributed by atoms with Crippen molar-refractivity contribution in [3.63, 3.8) is 0 Å². The molecule has 0 saturated carbocycles. The maximum Gasteiger partial charge on any atom is 0.123 e. The standard InChI is InChI=1S/C14H21ClFN/c1-2-3-4-5-6-7-14(17)12-10-11(16)8-9-13(12)15/h8-10,14H,2-7,17H2,1H3. The minimum absolute atomic E-state index is 0.153. The molecule has 0 bridgehead atoms. The fourth-order valence-electron chi connectivity index (χ4n) is 1.92. The van der Waals surface area contributed by atoms with Crippen molar-refractivity contribution in [1.82, 2.24) is 0 Å². The molecule has 0 amide bonds.